The van der Waals surface area contributed by atoms with Gasteiger partial charge < -0.3 is 10.2 Å². The first-order chi connectivity index (χ1) is 15.0. The Morgan fingerprint density at radius 1 is 1.26 bits per heavy atom. The van der Waals surface area contributed by atoms with Gasteiger partial charge in [-0.3, -0.25) is 9.78 Å². The smallest absolute Gasteiger partial charge is 0.266 e. The number of aryl methyl sites for hydroxylation is 3. The number of thiazole rings is 1. The summed E-state index contributed by atoms with van der Waals surface area (Å²) in [6.45, 7) is 6.79. The van der Waals surface area contributed by atoms with Gasteiger partial charge >= 0.3 is 0 Å². The predicted molar refractivity (Wildman–Crippen MR) is 123 cm³/mol. The summed E-state index contributed by atoms with van der Waals surface area (Å²) in [5.74, 6) is 0.866. The summed E-state index contributed by atoms with van der Waals surface area (Å²) in [5.41, 5.74) is 4.84. The molecule has 4 rings (SSSR count). The number of likely N-dealkylation sites (tertiary alicyclic amines) is 1. The predicted octanol–water partition coefficient (Wildman–Crippen LogP) is 4.58. The number of pyridine rings is 1. The van der Waals surface area contributed by atoms with Crippen molar-refractivity contribution in [2.75, 3.05) is 18.9 Å². The molecule has 1 saturated heterocycles. The van der Waals surface area contributed by atoms with Gasteiger partial charge in [0.2, 0.25) is 0 Å². The highest BCUT2D eigenvalue weighted by Gasteiger charge is 2.35. The molecule has 3 aromatic rings. The molecular weight excluding hydrogens is 408 g/mol. The molecule has 1 aliphatic heterocycles. The van der Waals surface area contributed by atoms with Crippen molar-refractivity contribution in [3.63, 3.8) is 0 Å². The quantitative estimate of drug-likeness (QED) is 0.609. The Morgan fingerprint density at radius 2 is 2.10 bits per heavy atom. The number of nitrogens with one attached hydrogen (secondary N) is 1. The van der Waals surface area contributed by atoms with E-state index >= 15 is 0 Å². The average Bonchev–Trinajstić information content (AvgIpc) is 3.41. The molecule has 0 spiro atoms. The lowest BCUT2D eigenvalue weighted by Crippen LogP contribution is -2.31. The van der Waals surface area contributed by atoms with Crippen LogP contribution in [0.5, 0.6) is 0 Å². The molecule has 31 heavy (non-hydrogen) atoms. The fourth-order valence-electron chi connectivity index (χ4n) is 4.14. The average molecular weight is 437 g/mol. The van der Waals surface area contributed by atoms with Crippen LogP contribution in [0, 0.1) is 13.8 Å². The molecule has 0 radical (unpaired) electrons. The Morgan fingerprint density at radius 3 is 2.81 bits per heavy atom. The topological polar surface area (TPSA) is 83.9 Å². The highest BCUT2D eigenvalue weighted by molar-refractivity contribution is 7.17. The van der Waals surface area contributed by atoms with Gasteiger partial charge in [-0.05, 0) is 50.3 Å². The molecule has 1 N–H and O–H groups in total. The molecule has 1 fully saturated rings. The second-order valence-electron chi connectivity index (χ2n) is 7.87. The van der Waals surface area contributed by atoms with Crippen molar-refractivity contribution < 1.29 is 4.79 Å². The van der Waals surface area contributed by atoms with Crippen molar-refractivity contribution in [3.05, 3.63) is 52.3 Å². The number of amides is 1. The minimum Gasteiger partial charge on any atom is -0.365 e. The van der Waals surface area contributed by atoms with E-state index in [2.05, 4.69) is 27.2 Å². The van der Waals surface area contributed by atoms with E-state index in [0.717, 1.165) is 71.3 Å². The molecule has 0 aliphatic carbocycles. The summed E-state index contributed by atoms with van der Waals surface area (Å²) < 4.78 is 0. The van der Waals surface area contributed by atoms with Crippen LogP contribution in [0.2, 0.25) is 0 Å². The Hall–Kier alpha value is -2.87. The fourth-order valence-corrected chi connectivity index (χ4v) is 5.02. The Kier molecular flexibility index (Phi) is 6.27. The highest BCUT2D eigenvalue weighted by atomic mass is 32.1. The van der Waals surface area contributed by atoms with Crippen LogP contribution in [-0.4, -0.2) is 44.3 Å². The Balaban J connectivity index is 1.77. The molecule has 162 valence electrons. The summed E-state index contributed by atoms with van der Waals surface area (Å²) >= 11 is 1.41. The van der Waals surface area contributed by atoms with Crippen LogP contribution in [0.3, 0.4) is 0 Å². The summed E-state index contributed by atoms with van der Waals surface area (Å²) in [6.07, 6.45) is 9.22. The summed E-state index contributed by atoms with van der Waals surface area (Å²) in [4.78, 5) is 34.5. The van der Waals surface area contributed by atoms with Gasteiger partial charge in [0, 0.05) is 44.2 Å². The summed E-state index contributed by atoms with van der Waals surface area (Å²) in [7, 11) is 1.82. The molecule has 1 amide bonds. The zero-order valence-electron chi connectivity index (χ0n) is 18.5. The fraction of sp³-hybridized carbons (Fsp3) is 0.435. The van der Waals surface area contributed by atoms with Crippen LogP contribution in [0.15, 0.2) is 24.7 Å². The van der Waals surface area contributed by atoms with Gasteiger partial charge in [-0.2, -0.15) is 0 Å². The maximum absolute atomic E-state index is 13.5. The lowest BCUT2D eigenvalue weighted by Gasteiger charge is -2.26. The van der Waals surface area contributed by atoms with E-state index in [0.29, 0.717) is 4.88 Å². The number of nitrogens with zero attached hydrogens (tertiary/aromatic N) is 5. The largest absolute Gasteiger partial charge is 0.365 e. The van der Waals surface area contributed by atoms with E-state index in [1.165, 1.54) is 11.3 Å². The third-order valence-electron chi connectivity index (χ3n) is 5.69. The van der Waals surface area contributed by atoms with Gasteiger partial charge in [-0.15, -0.1) is 0 Å². The van der Waals surface area contributed by atoms with Crippen molar-refractivity contribution in [3.8, 4) is 11.1 Å². The van der Waals surface area contributed by atoms with Crippen molar-refractivity contribution in [2.45, 2.75) is 52.5 Å². The summed E-state index contributed by atoms with van der Waals surface area (Å²) in [5, 5.41) is 3.81. The zero-order chi connectivity index (χ0) is 22.0. The molecular formula is C23H28N6OS. The first-order valence-corrected chi connectivity index (χ1v) is 11.6. The minimum atomic E-state index is -0.0757. The van der Waals surface area contributed by atoms with Crippen LogP contribution in [0.4, 0.5) is 5.13 Å². The second-order valence-corrected chi connectivity index (χ2v) is 8.86. The number of carbonyl (C=O) groups excluding carboxylic acids is 1. The number of hydrogen-bond donors (Lipinski definition) is 1. The van der Waals surface area contributed by atoms with Crippen LogP contribution < -0.4 is 5.32 Å². The number of rotatable bonds is 6. The van der Waals surface area contributed by atoms with Crippen LogP contribution in [-0.2, 0) is 6.42 Å². The summed E-state index contributed by atoms with van der Waals surface area (Å²) in [6, 6.07) is 1.93. The molecule has 7 nitrogen and oxygen atoms in total. The van der Waals surface area contributed by atoms with Crippen molar-refractivity contribution >= 4 is 22.4 Å². The van der Waals surface area contributed by atoms with E-state index < -0.39 is 0 Å². The van der Waals surface area contributed by atoms with Gasteiger partial charge in [0.05, 0.1) is 17.4 Å². The standard InChI is InChI=1S/C23H28N6OS/c1-5-7-19-26-13-17(16-9-10-25-12-14(16)2)20(28-19)18-8-6-11-29(18)22(30)21-15(3)27-23(24-4)31-21/h9-10,12-13,18H,5-8,11H2,1-4H3,(H,24,27)/t18-/m0/s1. The normalized spacial score (nSPS) is 16.0. The Bertz CT molecular complexity index is 1100. The van der Waals surface area contributed by atoms with Gasteiger partial charge in [0.15, 0.2) is 5.13 Å². The van der Waals surface area contributed by atoms with E-state index in [1.54, 1.807) is 6.20 Å². The lowest BCUT2D eigenvalue weighted by molar-refractivity contribution is 0.0737. The molecule has 1 atom stereocenters. The van der Waals surface area contributed by atoms with E-state index in [9.17, 15) is 4.79 Å². The number of anilines is 1. The number of carbonyl (C=O) groups is 1. The van der Waals surface area contributed by atoms with Gasteiger partial charge in [0.1, 0.15) is 10.7 Å². The molecule has 3 aromatic heterocycles. The van der Waals surface area contributed by atoms with Crippen LogP contribution in [0.25, 0.3) is 11.1 Å². The van der Waals surface area contributed by atoms with Crippen molar-refractivity contribution in [1.82, 2.24) is 24.8 Å². The second kappa shape index (κ2) is 9.09. The number of hydrogen-bond acceptors (Lipinski definition) is 7. The molecule has 4 heterocycles. The van der Waals surface area contributed by atoms with Crippen LogP contribution >= 0.6 is 11.3 Å². The van der Waals surface area contributed by atoms with Crippen molar-refractivity contribution in [1.29, 1.82) is 0 Å². The maximum Gasteiger partial charge on any atom is 0.266 e. The highest BCUT2D eigenvalue weighted by Crippen LogP contribution is 2.39. The van der Waals surface area contributed by atoms with Gasteiger partial charge in [-0.1, -0.05) is 18.3 Å². The first-order valence-electron chi connectivity index (χ1n) is 10.8. The molecule has 0 bridgehead atoms. The minimum absolute atomic E-state index is 0.0343. The Labute approximate surface area is 187 Å². The van der Waals surface area contributed by atoms with E-state index in [4.69, 9.17) is 4.98 Å². The third-order valence-corrected chi connectivity index (χ3v) is 6.85. The maximum atomic E-state index is 13.5. The first kappa shape index (κ1) is 21.4. The van der Waals surface area contributed by atoms with E-state index in [-0.39, 0.29) is 11.9 Å². The monoisotopic (exact) mass is 436 g/mol. The zero-order valence-corrected chi connectivity index (χ0v) is 19.3. The molecule has 0 saturated carbocycles. The third kappa shape index (κ3) is 4.17. The van der Waals surface area contributed by atoms with Crippen molar-refractivity contribution in [2.24, 2.45) is 0 Å². The molecule has 0 aromatic carbocycles. The molecule has 8 heteroatoms. The van der Waals surface area contributed by atoms with Gasteiger partial charge in [0.25, 0.3) is 5.91 Å². The van der Waals surface area contributed by atoms with Crippen LogP contribution in [0.1, 0.15) is 64.7 Å². The number of aromatic nitrogens is 4. The van der Waals surface area contributed by atoms with E-state index in [1.807, 2.05) is 44.3 Å². The lowest BCUT2D eigenvalue weighted by atomic mass is 9.97. The SMILES string of the molecule is CCCc1ncc(-c2ccncc2C)c([C@@H]2CCCN2C(=O)c2sc(NC)nc2C)n1. The molecule has 0 unspecified atom stereocenters. The molecule has 1 aliphatic rings. The van der Waals surface area contributed by atoms with Gasteiger partial charge in [-0.25, -0.2) is 15.0 Å².